The van der Waals surface area contributed by atoms with Crippen molar-refractivity contribution in [1.82, 2.24) is 20.2 Å². The molecule has 0 atom stereocenters. The highest BCUT2D eigenvalue weighted by Gasteiger charge is 2.22. The lowest BCUT2D eigenvalue weighted by molar-refractivity contribution is -0.137. The summed E-state index contributed by atoms with van der Waals surface area (Å²) >= 11 is 0. The first-order valence-electron chi connectivity index (χ1n) is 12.3. The van der Waals surface area contributed by atoms with Crippen LogP contribution in [0.2, 0.25) is 0 Å². The largest absolute Gasteiger partial charge is 0.481 e. The fourth-order valence-electron chi connectivity index (χ4n) is 4.11. The van der Waals surface area contributed by atoms with E-state index in [1.807, 2.05) is 36.4 Å². The van der Waals surface area contributed by atoms with E-state index in [2.05, 4.69) is 15.3 Å². The SMILES string of the molecule is O=C(O)CCN(CCc1ccccn1)C(=O)c1ccccc1-c1ccccc1C(=O)NCc1cccnc1. The fourth-order valence-corrected chi connectivity index (χ4v) is 4.11. The van der Waals surface area contributed by atoms with Crippen molar-refractivity contribution in [2.45, 2.75) is 19.4 Å². The van der Waals surface area contributed by atoms with Crippen molar-refractivity contribution in [3.8, 4) is 11.1 Å². The maximum atomic E-state index is 13.8. The monoisotopic (exact) mass is 508 g/mol. The van der Waals surface area contributed by atoms with Crippen molar-refractivity contribution in [3.63, 3.8) is 0 Å². The second-order valence-electron chi connectivity index (χ2n) is 8.64. The molecule has 38 heavy (non-hydrogen) atoms. The second-order valence-corrected chi connectivity index (χ2v) is 8.64. The predicted molar refractivity (Wildman–Crippen MR) is 143 cm³/mol. The Balaban J connectivity index is 1.61. The number of carbonyl (C=O) groups is 3. The Kier molecular flexibility index (Phi) is 8.91. The maximum Gasteiger partial charge on any atom is 0.305 e. The Morgan fingerprint density at radius 2 is 1.50 bits per heavy atom. The highest BCUT2D eigenvalue weighted by atomic mass is 16.4. The Labute approximate surface area is 221 Å². The molecule has 0 aliphatic carbocycles. The summed E-state index contributed by atoms with van der Waals surface area (Å²) in [7, 11) is 0. The average Bonchev–Trinajstić information content (AvgIpc) is 2.96. The van der Waals surface area contributed by atoms with Gasteiger partial charge in [0.15, 0.2) is 0 Å². The van der Waals surface area contributed by atoms with Gasteiger partial charge in [-0.05, 0) is 47.0 Å². The Bertz CT molecular complexity index is 1390. The topological polar surface area (TPSA) is 112 Å². The van der Waals surface area contributed by atoms with Crippen LogP contribution in [-0.4, -0.2) is 50.8 Å². The molecule has 2 heterocycles. The van der Waals surface area contributed by atoms with E-state index in [9.17, 15) is 19.5 Å². The van der Waals surface area contributed by atoms with Gasteiger partial charge in [0.1, 0.15) is 0 Å². The molecule has 0 radical (unpaired) electrons. The van der Waals surface area contributed by atoms with Gasteiger partial charge in [-0.3, -0.25) is 24.4 Å². The van der Waals surface area contributed by atoms with E-state index < -0.39 is 5.97 Å². The summed E-state index contributed by atoms with van der Waals surface area (Å²) < 4.78 is 0. The zero-order valence-corrected chi connectivity index (χ0v) is 20.8. The van der Waals surface area contributed by atoms with Crippen LogP contribution >= 0.6 is 0 Å². The summed E-state index contributed by atoms with van der Waals surface area (Å²) in [5.41, 5.74) is 3.72. The summed E-state index contributed by atoms with van der Waals surface area (Å²) in [6, 6.07) is 23.4. The van der Waals surface area contributed by atoms with Gasteiger partial charge in [0, 0.05) is 61.5 Å². The standard InChI is InChI=1S/C30H28N4O4/c35-28(36)15-19-34(18-14-23-9-5-6-17-32-23)30(38)27-13-4-2-11-25(27)24-10-1-3-12-26(24)29(37)33-21-22-8-7-16-31-20-22/h1-13,16-17,20H,14-15,18-19,21H2,(H,33,37)(H,35,36). The van der Waals surface area contributed by atoms with Crippen molar-refractivity contribution < 1.29 is 19.5 Å². The van der Waals surface area contributed by atoms with Gasteiger partial charge >= 0.3 is 5.97 Å². The van der Waals surface area contributed by atoms with Crippen molar-refractivity contribution in [2.75, 3.05) is 13.1 Å². The lowest BCUT2D eigenvalue weighted by Crippen LogP contribution is -2.35. The lowest BCUT2D eigenvalue weighted by Gasteiger charge is -2.24. The first kappa shape index (κ1) is 26.2. The molecule has 192 valence electrons. The zero-order chi connectivity index (χ0) is 26.7. The third-order valence-corrected chi connectivity index (χ3v) is 6.04. The molecule has 4 aromatic rings. The molecule has 0 saturated heterocycles. The number of pyridine rings is 2. The van der Waals surface area contributed by atoms with Gasteiger partial charge in [-0.25, -0.2) is 0 Å². The van der Waals surface area contributed by atoms with Crippen LogP contribution in [0, 0.1) is 0 Å². The summed E-state index contributed by atoms with van der Waals surface area (Å²) in [6.07, 6.45) is 5.36. The molecular weight excluding hydrogens is 480 g/mol. The van der Waals surface area contributed by atoms with Gasteiger partial charge in [-0.15, -0.1) is 0 Å². The highest BCUT2D eigenvalue weighted by Crippen LogP contribution is 2.28. The predicted octanol–water partition coefficient (Wildman–Crippen LogP) is 4.23. The van der Waals surface area contributed by atoms with Crippen LogP contribution in [0.4, 0.5) is 0 Å². The zero-order valence-electron chi connectivity index (χ0n) is 20.8. The van der Waals surface area contributed by atoms with E-state index >= 15 is 0 Å². The van der Waals surface area contributed by atoms with Crippen LogP contribution in [-0.2, 0) is 17.8 Å². The Morgan fingerprint density at radius 1 is 0.789 bits per heavy atom. The molecule has 0 bridgehead atoms. The third-order valence-electron chi connectivity index (χ3n) is 6.04. The van der Waals surface area contributed by atoms with Crippen LogP contribution in [0.1, 0.15) is 38.4 Å². The van der Waals surface area contributed by atoms with E-state index in [1.54, 1.807) is 61.1 Å². The molecule has 0 saturated carbocycles. The van der Waals surface area contributed by atoms with Crippen molar-refractivity contribution in [3.05, 3.63) is 120 Å². The normalized spacial score (nSPS) is 10.5. The first-order chi connectivity index (χ1) is 18.5. The summed E-state index contributed by atoms with van der Waals surface area (Å²) in [4.78, 5) is 48.2. The van der Waals surface area contributed by atoms with Crippen LogP contribution in [0.5, 0.6) is 0 Å². The van der Waals surface area contributed by atoms with E-state index in [0.29, 0.717) is 41.8 Å². The number of aromatic nitrogens is 2. The number of hydrogen-bond acceptors (Lipinski definition) is 5. The minimum absolute atomic E-state index is 0.0581. The number of carboxylic acids is 1. The fraction of sp³-hybridized carbons (Fsp3) is 0.167. The van der Waals surface area contributed by atoms with Gasteiger partial charge in [0.2, 0.25) is 0 Å². The Hall–Kier alpha value is -4.85. The van der Waals surface area contributed by atoms with Gasteiger partial charge in [0.25, 0.3) is 11.8 Å². The smallest absolute Gasteiger partial charge is 0.305 e. The Morgan fingerprint density at radius 3 is 2.18 bits per heavy atom. The molecule has 0 aliphatic rings. The minimum atomic E-state index is -0.982. The van der Waals surface area contributed by atoms with Crippen LogP contribution < -0.4 is 5.32 Å². The van der Waals surface area contributed by atoms with Crippen LogP contribution in [0.25, 0.3) is 11.1 Å². The molecule has 4 rings (SSSR count). The molecule has 2 amide bonds. The van der Waals surface area contributed by atoms with E-state index in [0.717, 1.165) is 11.3 Å². The van der Waals surface area contributed by atoms with Crippen molar-refractivity contribution in [2.24, 2.45) is 0 Å². The number of nitrogens with zero attached hydrogens (tertiary/aromatic N) is 3. The van der Waals surface area contributed by atoms with E-state index in [-0.39, 0.29) is 24.8 Å². The molecular formula is C30H28N4O4. The molecule has 2 aromatic heterocycles. The van der Waals surface area contributed by atoms with Crippen molar-refractivity contribution >= 4 is 17.8 Å². The van der Waals surface area contributed by atoms with E-state index in [4.69, 9.17) is 0 Å². The number of carboxylic acid groups (broad SMARTS) is 1. The maximum absolute atomic E-state index is 13.8. The molecule has 8 heteroatoms. The highest BCUT2D eigenvalue weighted by molar-refractivity contribution is 6.06. The number of aliphatic carboxylic acids is 1. The number of nitrogens with one attached hydrogen (secondary N) is 1. The number of rotatable bonds is 11. The second kappa shape index (κ2) is 12.9. The van der Waals surface area contributed by atoms with E-state index in [1.165, 1.54) is 4.90 Å². The quantitative estimate of drug-likeness (QED) is 0.314. The molecule has 0 unspecified atom stereocenters. The van der Waals surface area contributed by atoms with Gasteiger partial charge in [-0.1, -0.05) is 48.5 Å². The molecule has 0 spiro atoms. The van der Waals surface area contributed by atoms with Gasteiger partial charge in [0.05, 0.1) is 6.42 Å². The third kappa shape index (κ3) is 6.88. The molecule has 0 fully saturated rings. The van der Waals surface area contributed by atoms with Crippen LogP contribution in [0.3, 0.4) is 0 Å². The summed E-state index contributed by atoms with van der Waals surface area (Å²) in [5.74, 6) is -1.56. The minimum Gasteiger partial charge on any atom is -0.481 e. The summed E-state index contributed by atoms with van der Waals surface area (Å²) in [6.45, 7) is 0.686. The molecule has 0 aliphatic heterocycles. The number of carbonyl (C=O) groups excluding carboxylic acids is 2. The molecule has 2 aromatic carbocycles. The number of benzene rings is 2. The van der Waals surface area contributed by atoms with Crippen molar-refractivity contribution in [1.29, 1.82) is 0 Å². The van der Waals surface area contributed by atoms with Crippen LogP contribution in [0.15, 0.2) is 97.5 Å². The molecule has 2 N–H and O–H groups in total. The number of amides is 2. The van der Waals surface area contributed by atoms with Gasteiger partial charge < -0.3 is 15.3 Å². The summed E-state index contributed by atoms with van der Waals surface area (Å²) in [5, 5.41) is 12.2. The average molecular weight is 509 g/mol. The van der Waals surface area contributed by atoms with Gasteiger partial charge in [-0.2, -0.15) is 0 Å². The molecule has 8 nitrogen and oxygen atoms in total. The lowest BCUT2D eigenvalue weighted by atomic mass is 9.94. The first-order valence-corrected chi connectivity index (χ1v) is 12.3. The number of hydrogen-bond donors (Lipinski definition) is 2.